The van der Waals surface area contributed by atoms with Gasteiger partial charge in [-0.25, -0.2) is 13.8 Å². The molecule has 1 heterocycles. The van der Waals surface area contributed by atoms with Crippen LogP contribution in [0.3, 0.4) is 0 Å². The molecular weight excluding hydrogens is 300 g/mol. The number of alkyl halides is 2. The Hall–Kier alpha value is -0.610. The van der Waals surface area contributed by atoms with Crippen molar-refractivity contribution in [2.75, 3.05) is 0 Å². The monoisotopic (exact) mass is 315 g/mol. The van der Waals surface area contributed by atoms with Gasteiger partial charge in [-0.1, -0.05) is 35.9 Å². The first-order valence-corrected chi connectivity index (χ1v) is 8.10. The molecule has 0 aromatic carbocycles. The van der Waals surface area contributed by atoms with Gasteiger partial charge in [-0.2, -0.15) is 0 Å². The van der Waals surface area contributed by atoms with E-state index in [1.54, 1.807) is 18.0 Å². The summed E-state index contributed by atoms with van der Waals surface area (Å²) >= 11 is 7.65. The molecule has 1 nitrogen and oxygen atoms in total. The Labute approximate surface area is 126 Å². The second-order valence-corrected chi connectivity index (χ2v) is 7.25. The minimum atomic E-state index is -2.84. The summed E-state index contributed by atoms with van der Waals surface area (Å²) in [4.78, 5) is 4.33. The molecule has 108 valence electrons. The molecule has 0 bridgehead atoms. The van der Waals surface area contributed by atoms with Crippen molar-refractivity contribution in [1.82, 2.24) is 4.98 Å². The Morgan fingerprint density at radius 3 is 2.75 bits per heavy atom. The van der Waals surface area contributed by atoms with Gasteiger partial charge in [0.2, 0.25) is 0 Å². The molecule has 5 heteroatoms. The predicted molar refractivity (Wildman–Crippen MR) is 78.4 cm³/mol. The molecule has 1 unspecified atom stereocenters. The average molecular weight is 316 g/mol. The van der Waals surface area contributed by atoms with E-state index < -0.39 is 5.92 Å². The molecule has 0 saturated heterocycles. The van der Waals surface area contributed by atoms with Crippen LogP contribution in [0, 0.1) is 0 Å². The third-order valence-corrected chi connectivity index (χ3v) is 6.17. The van der Waals surface area contributed by atoms with E-state index in [2.05, 4.69) is 4.98 Å². The molecule has 2 aliphatic rings. The van der Waals surface area contributed by atoms with Crippen molar-refractivity contribution in [2.24, 2.45) is 0 Å². The summed E-state index contributed by atoms with van der Waals surface area (Å²) in [6, 6.07) is 5.73. The van der Waals surface area contributed by atoms with Gasteiger partial charge < -0.3 is 0 Å². The van der Waals surface area contributed by atoms with Crippen LogP contribution in [0.15, 0.2) is 40.0 Å². The topological polar surface area (TPSA) is 12.9 Å². The molecular formula is C15H16ClF2NS. The summed E-state index contributed by atoms with van der Waals surface area (Å²) < 4.78 is 27.5. The summed E-state index contributed by atoms with van der Waals surface area (Å²) in [5, 5.41) is 0.688. The van der Waals surface area contributed by atoms with E-state index >= 15 is 0 Å². The molecule has 1 aromatic rings. The third kappa shape index (κ3) is 2.48. The fourth-order valence-electron chi connectivity index (χ4n) is 3.14. The molecule has 0 spiro atoms. The van der Waals surface area contributed by atoms with E-state index in [4.69, 9.17) is 11.6 Å². The first-order chi connectivity index (χ1) is 9.54. The van der Waals surface area contributed by atoms with Crippen LogP contribution in [0.5, 0.6) is 0 Å². The largest absolute Gasteiger partial charge is 0.283 e. The highest BCUT2D eigenvalue weighted by Gasteiger charge is 2.50. The van der Waals surface area contributed by atoms with Gasteiger partial charge in [-0.15, -0.1) is 0 Å². The summed E-state index contributed by atoms with van der Waals surface area (Å²) in [6.07, 6.45) is 5.68. The summed E-state index contributed by atoms with van der Waals surface area (Å²) in [5.41, 5.74) is 0.761. The van der Waals surface area contributed by atoms with Gasteiger partial charge >= 0.3 is 0 Å². The van der Waals surface area contributed by atoms with Crippen molar-refractivity contribution < 1.29 is 8.78 Å². The van der Waals surface area contributed by atoms with Gasteiger partial charge in [0.1, 0.15) is 0 Å². The number of fused-ring (bicyclic) bond motifs is 1. The number of thioether (sulfide) groups is 1. The first kappa shape index (κ1) is 14.3. The van der Waals surface area contributed by atoms with Gasteiger partial charge in [0.15, 0.2) is 0 Å². The molecule has 0 aliphatic heterocycles. The lowest BCUT2D eigenvalue weighted by molar-refractivity contribution is 0.0254. The molecule has 2 aliphatic carbocycles. The summed E-state index contributed by atoms with van der Waals surface area (Å²) in [7, 11) is 0. The van der Waals surface area contributed by atoms with Crippen molar-refractivity contribution >= 4 is 23.4 Å². The predicted octanol–water partition coefficient (Wildman–Crippen LogP) is 5.41. The van der Waals surface area contributed by atoms with Gasteiger partial charge in [0, 0.05) is 17.4 Å². The fraction of sp³-hybridized carbons (Fsp3) is 0.533. The smallest absolute Gasteiger partial charge is 0.250 e. The van der Waals surface area contributed by atoms with Crippen molar-refractivity contribution in [3.05, 3.63) is 35.0 Å². The van der Waals surface area contributed by atoms with Gasteiger partial charge in [0.05, 0.1) is 10.1 Å². The Balaban J connectivity index is 1.99. The van der Waals surface area contributed by atoms with E-state index in [0.29, 0.717) is 12.8 Å². The maximum absolute atomic E-state index is 13.9. The van der Waals surface area contributed by atoms with E-state index in [9.17, 15) is 8.78 Å². The number of allylic oxidation sites excluding steroid dienone is 1. The molecule has 0 N–H and O–H groups in total. The lowest BCUT2D eigenvalue weighted by atomic mass is 9.75. The quantitative estimate of drug-likeness (QED) is 0.724. The highest BCUT2D eigenvalue weighted by atomic mass is 35.5. The van der Waals surface area contributed by atoms with Crippen LogP contribution in [-0.4, -0.2) is 15.7 Å². The minimum Gasteiger partial charge on any atom is -0.250 e. The van der Waals surface area contributed by atoms with Gasteiger partial charge in [-0.05, 0) is 43.4 Å². The molecule has 1 aromatic heterocycles. The van der Waals surface area contributed by atoms with E-state index in [1.165, 1.54) is 0 Å². The second-order valence-electron chi connectivity index (χ2n) is 5.47. The standard InChI is InChI=1S/C15H16ClF2NS/c16-13-11-5-1-3-7-14(11,8-9-15(13,17)18)20-12-6-2-4-10-19-12/h2,4,6,10H,1,3,5,7-9H2. The lowest BCUT2D eigenvalue weighted by Crippen LogP contribution is -2.40. The molecule has 3 rings (SSSR count). The minimum absolute atomic E-state index is 0.158. The number of pyridine rings is 1. The number of halogens is 3. The van der Waals surface area contributed by atoms with E-state index in [1.807, 2.05) is 18.2 Å². The van der Waals surface area contributed by atoms with Crippen LogP contribution in [0.4, 0.5) is 8.78 Å². The van der Waals surface area contributed by atoms with Crippen molar-refractivity contribution in [3.8, 4) is 0 Å². The summed E-state index contributed by atoms with van der Waals surface area (Å²) in [5.74, 6) is -2.84. The van der Waals surface area contributed by atoms with Crippen LogP contribution < -0.4 is 0 Å². The fourth-order valence-corrected chi connectivity index (χ4v) is 5.00. The third-order valence-electron chi connectivity index (χ3n) is 4.17. The second kappa shape index (κ2) is 5.30. The SMILES string of the molecule is FC1(F)CCC2(Sc3ccccn3)CCCCC2=C1Cl. The Morgan fingerprint density at radius 1 is 1.15 bits per heavy atom. The van der Waals surface area contributed by atoms with Crippen molar-refractivity contribution in [2.45, 2.75) is 54.2 Å². The number of nitrogens with zero attached hydrogens (tertiary/aromatic N) is 1. The number of rotatable bonds is 2. The maximum Gasteiger partial charge on any atom is 0.283 e. The lowest BCUT2D eigenvalue weighted by Gasteiger charge is -2.44. The highest BCUT2D eigenvalue weighted by Crippen LogP contribution is 2.57. The zero-order valence-corrected chi connectivity index (χ0v) is 12.6. The molecule has 1 fully saturated rings. The molecule has 1 atom stereocenters. The van der Waals surface area contributed by atoms with E-state index in [0.717, 1.165) is 29.9 Å². The van der Waals surface area contributed by atoms with Crippen LogP contribution in [0.1, 0.15) is 38.5 Å². The molecule has 20 heavy (non-hydrogen) atoms. The van der Waals surface area contributed by atoms with E-state index in [-0.39, 0.29) is 16.2 Å². The van der Waals surface area contributed by atoms with Crippen molar-refractivity contribution in [1.29, 1.82) is 0 Å². The van der Waals surface area contributed by atoms with Crippen LogP contribution in [-0.2, 0) is 0 Å². The Morgan fingerprint density at radius 2 is 2.00 bits per heavy atom. The molecule has 1 saturated carbocycles. The number of aromatic nitrogens is 1. The molecule has 0 radical (unpaired) electrons. The van der Waals surface area contributed by atoms with Gasteiger partial charge in [0.25, 0.3) is 5.92 Å². The Bertz CT molecular complexity index is 532. The Kier molecular flexibility index (Phi) is 3.80. The number of hydrogen-bond acceptors (Lipinski definition) is 2. The molecule has 0 amide bonds. The van der Waals surface area contributed by atoms with Crippen LogP contribution >= 0.6 is 23.4 Å². The van der Waals surface area contributed by atoms with Crippen molar-refractivity contribution in [3.63, 3.8) is 0 Å². The normalized spacial score (nSPS) is 29.1. The number of hydrogen-bond donors (Lipinski definition) is 0. The average Bonchev–Trinajstić information content (AvgIpc) is 2.45. The first-order valence-electron chi connectivity index (χ1n) is 6.91. The van der Waals surface area contributed by atoms with Gasteiger partial charge in [-0.3, -0.25) is 0 Å². The highest BCUT2D eigenvalue weighted by molar-refractivity contribution is 8.00. The zero-order valence-electron chi connectivity index (χ0n) is 11.0. The zero-order chi connectivity index (χ0) is 14.2. The van der Waals surface area contributed by atoms with Crippen LogP contribution in [0.25, 0.3) is 0 Å². The summed E-state index contributed by atoms with van der Waals surface area (Å²) in [6.45, 7) is 0. The van der Waals surface area contributed by atoms with Crippen LogP contribution in [0.2, 0.25) is 0 Å². The maximum atomic E-state index is 13.9.